The van der Waals surface area contributed by atoms with Crippen molar-refractivity contribution in [2.75, 3.05) is 31.6 Å². The predicted molar refractivity (Wildman–Crippen MR) is 112 cm³/mol. The molecule has 29 heavy (non-hydrogen) atoms. The molecule has 3 amide bonds. The Labute approximate surface area is 174 Å². The van der Waals surface area contributed by atoms with Crippen molar-refractivity contribution < 1.29 is 14.3 Å². The highest BCUT2D eigenvalue weighted by molar-refractivity contribution is 7.15. The summed E-state index contributed by atoms with van der Waals surface area (Å²) in [5.41, 5.74) is 0.965. The lowest BCUT2D eigenvalue weighted by atomic mass is 10.1. The average Bonchev–Trinajstić information content (AvgIpc) is 3.14. The van der Waals surface area contributed by atoms with Crippen LogP contribution in [0.25, 0.3) is 0 Å². The Kier molecular flexibility index (Phi) is 7.54. The van der Waals surface area contributed by atoms with Crippen molar-refractivity contribution in [3.8, 4) is 0 Å². The number of carbonyl (C=O) groups excluding carboxylic acids is 2. The summed E-state index contributed by atoms with van der Waals surface area (Å²) in [6.45, 7) is 6.26. The van der Waals surface area contributed by atoms with Gasteiger partial charge in [0.2, 0.25) is 11.0 Å². The van der Waals surface area contributed by atoms with Gasteiger partial charge in [-0.05, 0) is 11.5 Å². The quantitative estimate of drug-likeness (QED) is 0.721. The fourth-order valence-electron chi connectivity index (χ4n) is 2.99. The molecule has 156 valence electrons. The van der Waals surface area contributed by atoms with E-state index < -0.39 is 6.04 Å². The topological polar surface area (TPSA) is 96.4 Å². The molecular weight excluding hydrogens is 390 g/mol. The van der Waals surface area contributed by atoms with Crippen LogP contribution in [0.3, 0.4) is 0 Å². The molecule has 1 aliphatic rings. The molecule has 1 aromatic heterocycles. The number of ether oxygens (including phenoxy) is 1. The predicted octanol–water partition coefficient (Wildman–Crippen LogP) is 2.33. The van der Waals surface area contributed by atoms with Gasteiger partial charge in [-0.15, -0.1) is 10.2 Å². The van der Waals surface area contributed by atoms with Crippen molar-refractivity contribution >= 4 is 28.4 Å². The normalized spacial score (nSPS) is 15.2. The largest absolute Gasteiger partial charge is 0.378 e. The molecule has 1 aliphatic heterocycles. The summed E-state index contributed by atoms with van der Waals surface area (Å²) in [4.78, 5) is 27.2. The fraction of sp³-hybridized carbons (Fsp3) is 0.500. The monoisotopic (exact) mass is 417 g/mol. The van der Waals surface area contributed by atoms with Crippen LogP contribution in [0.1, 0.15) is 24.4 Å². The SMILES string of the molecule is CC(C)Cc1nnc(NC(=O)[C@@H](Cc2ccccc2)NC(=O)N2CCOCC2)s1. The van der Waals surface area contributed by atoms with Gasteiger partial charge in [0.15, 0.2) is 0 Å². The van der Waals surface area contributed by atoms with Gasteiger partial charge in [0.05, 0.1) is 13.2 Å². The van der Waals surface area contributed by atoms with Crippen molar-refractivity contribution in [2.24, 2.45) is 5.92 Å². The van der Waals surface area contributed by atoms with Crippen LogP contribution in [0.4, 0.5) is 9.93 Å². The van der Waals surface area contributed by atoms with Gasteiger partial charge < -0.3 is 15.0 Å². The van der Waals surface area contributed by atoms with Gasteiger partial charge in [0, 0.05) is 25.9 Å². The molecule has 2 N–H and O–H groups in total. The first-order valence-corrected chi connectivity index (χ1v) is 10.6. The zero-order valence-corrected chi connectivity index (χ0v) is 17.6. The van der Waals surface area contributed by atoms with Gasteiger partial charge in [-0.25, -0.2) is 4.79 Å². The lowest BCUT2D eigenvalue weighted by Gasteiger charge is -2.29. The standard InChI is InChI=1S/C20H27N5O3S/c1-14(2)12-17-23-24-19(29-17)22-18(26)16(13-15-6-4-3-5-7-15)21-20(27)25-8-10-28-11-9-25/h3-7,14,16H,8-13H2,1-2H3,(H,21,27)(H,22,24,26)/t16-/m1/s1. The lowest BCUT2D eigenvalue weighted by Crippen LogP contribution is -2.53. The maximum absolute atomic E-state index is 12.9. The zero-order valence-electron chi connectivity index (χ0n) is 16.8. The molecule has 0 radical (unpaired) electrons. The van der Waals surface area contributed by atoms with Crippen molar-refractivity contribution in [3.05, 3.63) is 40.9 Å². The minimum absolute atomic E-state index is 0.262. The zero-order chi connectivity index (χ0) is 20.6. The second kappa shape index (κ2) is 10.3. The number of rotatable bonds is 7. The van der Waals surface area contributed by atoms with E-state index in [0.717, 1.165) is 17.0 Å². The van der Waals surface area contributed by atoms with Gasteiger partial charge in [0.1, 0.15) is 11.0 Å². The fourth-order valence-corrected chi connectivity index (χ4v) is 3.95. The van der Waals surface area contributed by atoms with Gasteiger partial charge >= 0.3 is 6.03 Å². The van der Waals surface area contributed by atoms with Crippen molar-refractivity contribution in [1.29, 1.82) is 0 Å². The number of anilines is 1. The molecule has 1 saturated heterocycles. The summed E-state index contributed by atoms with van der Waals surface area (Å²) < 4.78 is 5.29. The van der Waals surface area contributed by atoms with Gasteiger partial charge in [-0.2, -0.15) is 0 Å². The van der Waals surface area contributed by atoms with Crippen LogP contribution in [0.5, 0.6) is 0 Å². The van der Waals surface area contributed by atoms with Crippen LogP contribution in [-0.4, -0.2) is 59.4 Å². The summed E-state index contributed by atoms with van der Waals surface area (Å²) in [6, 6.07) is 8.64. The smallest absolute Gasteiger partial charge is 0.318 e. The summed E-state index contributed by atoms with van der Waals surface area (Å²) >= 11 is 1.37. The summed E-state index contributed by atoms with van der Waals surface area (Å²) in [7, 11) is 0. The van der Waals surface area contributed by atoms with Gasteiger partial charge in [-0.3, -0.25) is 10.1 Å². The minimum atomic E-state index is -0.717. The highest BCUT2D eigenvalue weighted by Gasteiger charge is 2.26. The van der Waals surface area contributed by atoms with E-state index in [1.807, 2.05) is 30.3 Å². The molecule has 0 unspecified atom stereocenters. The molecule has 9 heteroatoms. The Bertz CT molecular complexity index is 805. The van der Waals surface area contributed by atoms with E-state index in [1.165, 1.54) is 11.3 Å². The Hall–Kier alpha value is -2.52. The molecule has 2 aromatic rings. The minimum Gasteiger partial charge on any atom is -0.378 e. The molecule has 1 fully saturated rings. The van der Waals surface area contributed by atoms with E-state index in [0.29, 0.717) is 43.8 Å². The molecule has 0 spiro atoms. The Morgan fingerprint density at radius 2 is 1.86 bits per heavy atom. The van der Waals surface area contributed by atoms with Crippen molar-refractivity contribution in [1.82, 2.24) is 20.4 Å². The Morgan fingerprint density at radius 1 is 1.14 bits per heavy atom. The third-order valence-electron chi connectivity index (χ3n) is 4.47. The van der Waals surface area contributed by atoms with E-state index in [-0.39, 0.29) is 11.9 Å². The van der Waals surface area contributed by atoms with E-state index >= 15 is 0 Å². The number of hydrogen-bond acceptors (Lipinski definition) is 6. The number of aromatic nitrogens is 2. The first-order valence-electron chi connectivity index (χ1n) is 9.81. The Balaban J connectivity index is 1.68. The molecule has 1 atom stereocenters. The van der Waals surface area contributed by atoms with Crippen molar-refractivity contribution in [3.63, 3.8) is 0 Å². The van der Waals surface area contributed by atoms with E-state index in [4.69, 9.17) is 4.74 Å². The molecule has 3 rings (SSSR count). The molecule has 0 bridgehead atoms. The number of nitrogens with one attached hydrogen (secondary N) is 2. The number of amides is 3. The van der Waals surface area contributed by atoms with Crippen LogP contribution >= 0.6 is 11.3 Å². The summed E-state index contributed by atoms with van der Waals surface area (Å²) in [5, 5.41) is 15.2. The number of benzene rings is 1. The van der Waals surface area contributed by atoms with Gasteiger partial charge in [-0.1, -0.05) is 55.5 Å². The number of carbonyl (C=O) groups is 2. The number of urea groups is 1. The molecule has 8 nitrogen and oxygen atoms in total. The van der Waals surface area contributed by atoms with Gasteiger partial charge in [0.25, 0.3) is 0 Å². The van der Waals surface area contributed by atoms with Crippen LogP contribution < -0.4 is 10.6 Å². The van der Waals surface area contributed by atoms with E-state index in [1.54, 1.807) is 4.90 Å². The number of nitrogens with zero attached hydrogens (tertiary/aromatic N) is 3. The molecule has 2 heterocycles. The molecular formula is C20H27N5O3S. The third kappa shape index (κ3) is 6.50. The Morgan fingerprint density at radius 3 is 2.55 bits per heavy atom. The van der Waals surface area contributed by atoms with Crippen LogP contribution in [0.2, 0.25) is 0 Å². The van der Waals surface area contributed by atoms with Crippen LogP contribution in [0, 0.1) is 5.92 Å². The average molecular weight is 418 g/mol. The van der Waals surface area contributed by atoms with Crippen LogP contribution in [0.15, 0.2) is 30.3 Å². The maximum atomic E-state index is 12.9. The second-order valence-electron chi connectivity index (χ2n) is 7.38. The highest BCUT2D eigenvalue weighted by atomic mass is 32.1. The first-order chi connectivity index (χ1) is 14.0. The van der Waals surface area contributed by atoms with E-state index in [2.05, 4.69) is 34.7 Å². The number of morpholine rings is 1. The third-order valence-corrected chi connectivity index (χ3v) is 5.34. The summed E-state index contributed by atoms with van der Waals surface area (Å²) in [6.07, 6.45) is 1.20. The van der Waals surface area contributed by atoms with Crippen molar-refractivity contribution in [2.45, 2.75) is 32.7 Å². The first kappa shape index (κ1) is 21.2. The highest BCUT2D eigenvalue weighted by Crippen LogP contribution is 2.19. The molecule has 1 aromatic carbocycles. The van der Waals surface area contributed by atoms with Crippen LogP contribution in [-0.2, 0) is 22.4 Å². The lowest BCUT2D eigenvalue weighted by molar-refractivity contribution is -0.118. The molecule has 0 aliphatic carbocycles. The maximum Gasteiger partial charge on any atom is 0.318 e. The molecule has 0 saturated carbocycles. The number of hydrogen-bond donors (Lipinski definition) is 2. The van der Waals surface area contributed by atoms with E-state index in [9.17, 15) is 9.59 Å². The second-order valence-corrected chi connectivity index (χ2v) is 8.44. The summed E-state index contributed by atoms with van der Waals surface area (Å²) in [5.74, 6) is 0.160.